The molecule has 0 spiro atoms. The fraction of sp³-hybridized carbons (Fsp3) is 0.0909. The molecule has 0 fully saturated rings. The summed E-state index contributed by atoms with van der Waals surface area (Å²) in [5.41, 5.74) is -1.98. The van der Waals surface area contributed by atoms with Gasteiger partial charge in [-0.15, -0.1) is 0 Å². The lowest BCUT2D eigenvalue weighted by molar-refractivity contribution is 0.582. The molecule has 0 atom stereocenters. The van der Waals surface area contributed by atoms with Gasteiger partial charge in [-0.1, -0.05) is 23.7 Å². The van der Waals surface area contributed by atoms with Gasteiger partial charge in [0.1, 0.15) is 5.82 Å². The molecule has 112 valence electrons. The Balaban J connectivity index is 2.58. The average molecular weight is 334 g/mol. The van der Waals surface area contributed by atoms with Crippen LogP contribution in [0.25, 0.3) is 0 Å². The second kappa shape index (κ2) is 5.43. The first-order valence-electron chi connectivity index (χ1n) is 5.49. The normalized spacial score (nSPS) is 11.6. The molecule has 10 heteroatoms. The van der Waals surface area contributed by atoms with E-state index in [1.165, 1.54) is 18.2 Å². The maximum atomic E-state index is 13.8. The second-order valence-electron chi connectivity index (χ2n) is 4.14. The maximum Gasteiger partial charge on any atom is 0.328 e. The minimum absolute atomic E-state index is 0.0528. The molecule has 0 unspecified atom stereocenters. The highest BCUT2D eigenvalue weighted by Gasteiger charge is 2.16. The molecule has 0 bridgehead atoms. The van der Waals surface area contributed by atoms with Crippen molar-refractivity contribution in [3.63, 3.8) is 0 Å². The van der Waals surface area contributed by atoms with Gasteiger partial charge in [-0.2, -0.15) is 0 Å². The van der Waals surface area contributed by atoms with E-state index >= 15 is 0 Å². The third-order valence-electron chi connectivity index (χ3n) is 2.66. The number of nitrogens with two attached hydrogens (primary N) is 1. The zero-order chi connectivity index (χ0) is 15.8. The van der Waals surface area contributed by atoms with Crippen molar-refractivity contribution in [3.8, 4) is 0 Å². The Morgan fingerprint density at radius 1 is 1.33 bits per heavy atom. The number of rotatable bonds is 3. The number of H-pyrrole nitrogens is 1. The lowest BCUT2D eigenvalue weighted by Crippen LogP contribution is -2.35. The molecule has 7 nitrogen and oxygen atoms in total. The van der Waals surface area contributed by atoms with Crippen molar-refractivity contribution in [3.05, 3.63) is 61.6 Å². The number of nitrogens with zero attached hydrogens (tertiary/aromatic N) is 1. The van der Waals surface area contributed by atoms with Crippen LogP contribution in [0.4, 0.5) is 4.39 Å². The van der Waals surface area contributed by atoms with Gasteiger partial charge in [0.05, 0.1) is 11.6 Å². The van der Waals surface area contributed by atoms with Gasteiger partial charge in [-0.25, -0.2) is 22.7 Å². The highest BCUT2D eigenvalue weighted by Crippen LogP contribution is 2.18. The van der Waals surface area contributed by atoms with Crippen molar-refractivity contribution >= 4 is 21.6 Å². The van der Waals surface area contributed by atoms with Gasteiger partial charge in [-0.05, 0) is 6.07 Å². The summed E-state index contributed by atoms with van der Waals surface area (Å²) < 4.78 is 37.1. The Labute approximate surface area is 122 Å². The van der Waals surface area contributed by atoms with Crippen LogP contribution < -0.4 is 16.4 Å². The maximum absolute atomic E-state index is 13.8. The minimum atomic E-state index is -4.31. The van der Waals surface area contributed by atoms with E-state index in [1.54, 1.807) is 4.98 Å². The quantitative estimate of drug-likeness (QED) is 0.824. The Kier molecular flexibility index (Phi) is 3.99. The van der Waals surface area contributed by atoms with Crippen LogP contribution in [0.1, 0.15) is 5.56 Å². The van der Waals surface area contributed by atoms with E-state index in [2.05, 4.69) is 0 Å². The van der Waals surface area contributed by atoms with Gasteiger partial charge in [-0.3, -0.25) is 14.3 Å². The predicted molar refractivity (Wildman–Crippen MR) is 73.2 cm³/mol. The third-order valence-corrected chi connectivity index (χ3v) is 3.85. The minimum Gasteiger partial charge on any atom is -0.295 e. The number of hydrogen-bond acceptors (Lipinski definition) is 4. The molecule has 0 aliphatic heterocycles. The first-order chi connectivity index (χ1) is 9.70. The van der Waals surface area contributed by atoms with Crippen LogP contribution >= 0.6 is 11.6 Å². The molecule has 0 radical (unpaired) electrons. The van der Waals surface area contributed by atoms with Crippen LogP contribution in [0.15, 0.2) is 38.9 Å². The molecule has 2 rings (SSSR count). The predicted octanol–water partition coefficient (Wildman–Crippen LogP) is 0.0248. The summed E-state index contributed by atoms with van der Waals surface area (Å²) in [4.78, 5) is 24.0. The van der Waals surface area contributed by atoms with Gasteiger partial charge < -0.3 is 0 Å². The van der Waals surface area contributed by atoms with E-state index in [-0.39, 0.29) is 17.1 Å². The van der Waals surface area contributed by atoms with Gasteiger partial charge >= 0.3 is 5.69 Å². The van der Waals surface area contributed by atoms with Crippen molar-refractivity contribution in [2.45, 2.75) is 11.4 Å². The van der Waals surface area contributed by atoms with Crippen LogP contribution in [0.5, 0.6) is 0 Å². The summed E-state index contributed by atoms with van der Waals surface area (Å²) >= 11 is 5.61. The molecule has 0 aliphatic rings. The van der Waals surface area contributed by atoms with Crippen LogP contribution in [-0.2, 0) is 16.6 Å². The number of aromatic amines is 1. The van der Waals surface area contributed by atoms with E-state index in [1.807, 2.05) is 0 Å². The van der Waals surface area contributed by atoms with Crippen LogP contribution in [0, 0.1) is 5.82 Å². The number of halogens is 2. The van der Waals surface area contributed by atoms with Crippen molar-refractivity contribution in [2.24, 2.45) is 5.14 Å². The van der Waals surface area contributed by atoms with Crippen LogP contribution in [-0.4, -0.2) is 18.0 Å². The summed E-state index contributed by atoms with van der Waals surface area (Å²) in [5, 5.41) is 4.72. The summed E-state index contributed by atoms with van der Waals surface area (Å²) in [6.07, 6.45) is 0.761. The van der Waals surface area contributed by atoms with Gasteiger partial charge in [0, 0.05) is 11.8 Å². The van der Waals surface area contributed by atoms with Gasteiger partial charge in [0.15, 0.2) is 4.90 Å². The van der Waals surface area contributed by atoms with Gasteiger partial charge in [0.25, 0.3) is 5.56 Å². The number of primary sulfonamides is 1. The zero-order valence-electron chi connectivity index (χ0n) is 10.3. The first-order valence-corrected chi connectivity index (χ1v) is 7.42. The SMILES string of the molecule is NS(=O)(=O)c1cn(Cc2cccc(Cl)c2F)c(=O)[nH]c1=O. The average Bonchev–Trinajstić information content (AvgIpc) is 2.36. The molecular formula is C11H9ClFN3O4S. The van der Waals surface area contributed by atoms with E-state index in [4.69, 9.17) is 16.7 Å². The Morgan fingerprint density at radius 2 is 2.00 bits per heavy atom. The Hall–Kier alpha value is -1.97. The second-order valence-corrected chi connectivity index (χ2v) is 6.08. The fourth-order valence-electron chi connectivity index (χ4n) is 1.66. The largest absolute Gasteiger partial charge is 0.328 e. The standard InChI is InChI=1S/C11H9ClFN3O4S/c12-7-3-1-2-6(9(7)13)4-16-5-8(21(14,19)20)10(17)15-11(16)18/h1-3,5H,4H2,(H2,14,19,20)(H,15,17,18). The summed E-state index contributed by atoms with van der Waals surface area (Å²) in [6, 6.07) is 4.17. The number of benzene rings is 1. The molecule has 2 aromatic rings. The molecule has 1 aromatic heterocycles. The smallest absolute Gasteiger partial charge is 0.295 e. The molecule has 3 N–H and O–H groups in total. The fourth-order valence-corrected chi connectivity index (χ4v) is 2.44. The number of nitrogens with one attached hydrogen (secondary N) is 1. The molecule has 0 aliphatic carbocycles. The van der Waals surface area contributed by atoms with E-state index in [0.29, 0.717) is 0 Å². The Morgan fingerprint density at radius 3 is 2.62 bits per heavy atom. The summed E-state index contributed by atoms with van der Waals surface area (Å²) in [7, 11) is -4.31. The lowest BCUT2D eigenvalue weighted by Gasteiger charge is -2.08. The molecular weight excluding hydrogens is 325 g/mol. The molecule has 1 aromatic carbocycles. The van der Waals surface area contributed by atoms with Gasteiger partial charge in [0.2, 0.25) is 10.0 Å². The molecule has 0 saturated carbocycles. The third kappa shape index (κ3) is 3.20. The van der Waals surface area contributed by atoms with Crippen molar-refractivity contribution in [2.75, 3.05) is 0 Å². The molecule has 21 heavy (non-hydrogen) atoms. The van der Waals surface area contributed by atoms with E-state index in [0.717, 1.165) is 10.8 Å². The van der Waals surface area contributed by atoms with E-state index in [9.17, 15) is 22.4 Å². The first kappa shape index (κ1) is 15.4. The van der Waals surface area contributed by atoms with Crippen LogP contribution in [0.3, 0.4) is 0 Å². The lowest BCUT2D eigenvalue weighted by atomic mass is 10.2. The monoisotopic (exact) mass is 333 g/mol. The summed E-state index contributed by atoms with van der Waals surface area (Å²) in [5.74, 6) is -0.741. The van der Waals surface area contributed by atoms with Crippen LogP contribution in [0.2, 0.25) is 5.02 Å². The topological polar surface area (TPSA) is 115 Å². The number of aromatic nitrogens is 2. The Bertz CT molecular complexity index is 920. The molecule has 0 amide bonds. The van der Waals surface area contributed by atoms with Crippen molar-refractivity contribution in [1.29, 1.82) is 0 Å². The zero-order valence-corrected chi connectivity index (χ0v) is 11.9. The molecule has 0 saturated heterocycles. The van der Waals surface area contributed by atoms with E-state index < -0.39 is 32.0 Å². The summed E-state index contributed by atoms with van der Waals surface area (Å²) in [6.45, 7) is -0.315. The molecule has 1 heterocycles. The number of hydrogen-bond donors (Lipinski definition) is 2. The number of sulfonamides is 1. The highest BCUT2D eigenvalue weighted by molar-refractivity contribution is 7.89. The van der Waals surface area contributed by atoms with Crippen molar-refractivity contribution < 1.29 is 12.8 Å². The highest BCUT2D eigenvalue weighted by atomic mass is 35.5. The van der Waals surface area contributed by atoms with Crippen molar-refractivity contribution in [1.82, 2.24) is 9.55 Å².